The van der Waals surface area contributed by atoms with Crippen LogP contribution in [0.4, 0.5) is 5.69 Å². The SMILES string of the molecule is Cc1cc(I)ccc1NCCCO. The lowest BCUT2D eigenvalue weighted by Crippen LogP contribution is -2.04. The van der Waals surface area contributed by atoms with E-state index in [9.17, 15) is 0 Å². The average molecular weight is 291 g/mol. The van der Waals surface area contributed by atoms with Crippen LogP contribution in [-0.4, -0.2) is 18.3 Å². The van der Waals surface area contributed by atoms with E-state index in [1.807, 2.05) is 0 Å². The third-order valence-electron chi connectivity index (χ3n) is 1.84. The molecule has 0 aliphatic carbocycles. The largest absolute Gasteiger partial charge is 0.396 e. The van der Waals surface area contributed by atoms with E-state index in [-0.39, 0.29) is 6.61 Å². The van der Waals surface area contributed by atoms with Crippen LogP contribution in [-0.2, 0) is 0 Å². The molecule has 0 bridgehead atoms. The Hall–Kier alpha value is -0.290. The average Bonchev–Trinajstić information content (AvgIpc) is 2.09. The first kappa shape index (κ1) is 10.8. The highest BCUT2D eigenvalue weighted by atomic mass is 127. The van der Waals surface area contributed by atoms with Gasteiger partial charge in [-0.3, -0.25) is 0 Å². The van der Waals surface area contributed by atoms with Crippen LogP contribution in [0.5, 0.6) is 0 Å². The number of rotatable bonds is 4. The molecule has 3 heteroatoms. The molecule has 0 heterocycles. The number of benzene rings is 1. The summed E-state index contributed by atoms with van der Waals surface area (Å²) in [4.78, 5) is 0. The summed E-state index contributed by atoms with van der Waals surface area (Å²) in [6.45, 7) is 3.16. The van der Waals surface area contributed by atoms with Crippen molar-refractivity contribution in [2.75, 3.05) is 18.5 Å². The molecule has 0 aliphatic rings. The standard InChI is InChI=1S/C10H14INO/c1-8-7-9(11)3-4-10(8)12-5-2-6-13/h3-4,7,12-13H,2,5-6H2,1H3. The van der Waals surface area contributed by atoms with E-state index in [4.69, 9.17) is 5.11 Å². The molecule has 0 spiro atoms. The lowest BCUT2D eigenvalue weighted by Gasteiger charge is -2.08. The molecule has 0 saturated heterocycles. The Morgan fingerprint density at radius 1 is 1.46 bits per heavy atom. The van der Waals surface area contributed by atoms with Gasteiger partial charge in [-0.05, 0) is 59.7 Å². The third kappa shape index (κ3) is 3.52. The molecule has 0 fully saturated rings. The minimum Gasteiger partial charge on any atom is -0.396 e. The summed E-state index contributed by atoms with van der Waals surface area (Å²) in [7, 11) is 0. The summed E-state index contributed by atoms with van der Waals surface area (Å²) in [5, 5.41) is 11.9. The Kier molecular flexibility index (Phi) is 4.52. The fourth-order valence-corrected chi connectivity index (χ4v) is 1.77. The van der Waals surface area contributed by atoms with Crippen molar-refractivity contribution in [2.45, 2.75) is 13.3 Å². The zero-order chi connectivity index (χ0) is 9.68. The van der Waals surface area contributed by atoms with Crippen LogP contribution in [0.25, 0.3) is 0 Å². The second-order valence-corrected chi connectivity index (χ2v) is 4.21. The van der Waals surface area contributed by atoms with Crippen molar-refractivity contribution in [1.82, 2.24) is 0 Å². The van der Waals surface area contributed by atoms with Gasteiger partial charge in [-0.2, -0.15) is 0 Å². The van der Waals surface area contributed by atoms with E-state index in [0.29, 0.717) is 0 Å². The first-order chi connectivity index (χ1) is 6.24. The third-order valence-corrected chi connectivity index (χ3v) is 2.51. The normalized spacial score (nSPS) is 10.1. The second-order valence-electron chi connectivity index (χ2n) is 2.96. The van der Waals surface area contributed by atoms with Gasteiger partial charge in [0.1, 0.15) is 0 Å². The number of anilines is 1. The van der Waals surface area contributed by atoms with Crippen molar-refractivity contribution in [1.29, 1.82) is 0 Å². The van der Waals surface area contributed by atoms with Crippen LogP contribution in [0, 0.1) is 10.5 Å². The topological polar surface area (TPSA) is 32.3 Å². The fourth-order valence-electron chi connectivity index (χ4n) is 1.13. The summed E-state index contributed by atoms with van der Waals surface area (Å²) in [5.74, 6) is 0. The van der Waals surface area contributed by atoms with Gasteiger partial charge in [0, 0.05) is 22.4 Å². The van der Waals surface area contributed by atoms with Crippen molar-refractivity contribution in [3.63, 3.8) is 0 Å². The summed E-state index contributed by atoms with van der Waals surface area (Å²) >= 11 is 2.30. The van der Waals surface area contributed by atoms with E-state index in [1.165, 1.54) is 9.13 Å². The van der Waals surface area contributed by atoms with E-state index in [2.05, 4.69) is 53.0 Å². The molecule has 13 heavy (non-hydrogen) atoms. The van der Waals surface area contributed by atoms with E-state index in [1.54, 1.807) is 0 Å². The molecule has 1 aromatic rings. The number of aliphatic hydroxyl groups excluding tert-OH is 1. The lowest BCUT2D eigenvalue weighted by molar-refractivity contribution is 0.292. The molecular weight excluding hydrogens is 277 g/mol. The maximum atomic E-state index is 8.62. The summed E-state index contributed by atoms with van der Waals surface area (Å²) in [6, 6.07) is 6.30. The molecule has 0 amide bonds. The predicted octanol–water partition coefficient (Wildman–Crippen LogP) is 2.39. The minimum atomic E-state index is 0.246. The van der Waals surface area contributed by atoms with Crippen molar-refractivity contribution >= 4 is 28.3 Å². The first-order valence-corrected chi connectivity index (χ1v) is 5.43. The van der Waals surface area contributed by atoms with Gasteiger partial charge >= 0.3 is 0 Å². The lowest BCUT2D eigenvalue weighted by atomic mass is 10.2. The molecule has 72 valence electrons. The van der Waals surface area contributed by atoms with Gasteiger partial charge in [0.05, 0.1) is 0 Å². The number of aliphatic hydroxyl groups is 1. The molecule has 0 saturated carbocycles. The molecule has 0 unspecified atom stereocenters. The highest BCUT2D eigenvalue weighted by molar-refractivity contribution is 14.1. The van der Waals surface area contributed by atoms with Crippen LogP contribution >= 0.6 is 22.6 Å². The van der Waals surface area contributed by atoms with E-state index >= 15 is 0 Å². The highest BCUT2D eigenvalue weighted by Crippen LogP contribution is 2.17. The van der Waals surface area contributed by atoms with Crippen molar-refractivity contribution in [3.05, 3.63) is 27.3 Å². The maximum Gasteiger partial charge on any atom is 0.0447 e. The van der Waals surface area contributed by atoms with Gasteiger partial charge < -0.3 is 10.4 Å². The number of nitrogens with one attached hydrogen (secondary N) is 1. The molecule has 1 aromatic carbocycles. The van der Waals surface area contributed by atoms with Gasteiger partial charge in [-0.1, -0.05) is 0 Å². The molecule has 2 N–H and O–H groups in total. The maximum absolute atomic E-state index is 8.62. The van der Waals surface area contributed by atoms with Crippen molar-refractivity contribution in [3.8, 4) is 0 Å². The van der Waals surface area contributed by atoms with Gasteiger partial charge in [-0.15, -0.1) is 0 Å². The number of halogens is 1. The first-order valence-electron chi connectivity index (χ1n) is 4.35. The molecular formula is C10H14INO. The number of hydrogen-bond donors (Lipinski definition) is 2. The Balaban J connectivity index is 2.56. The van der Waals surface area contributed by atoms with Gasteiger partial charge in [-0.25, -0.2) is 0 Å². The quantitative estimate of drug-likeness (QED) is 0.659. The second kappa shape index (κ2) is 5.44. The highest BCUT2D eigenvalue weighted by Gasteiger charge is 1.96. The van der Waals surface area contributed by atoms with Crippen LogP contribution in [0.1, 0.15) is 12.0 Å². The zero-order valence-corrected chi connectivity index (χ0v) is 9.84. The predicted molar refractivity (Wildman–Crippen MR) is 64.1 cm³/mol. The van der Waals surface area contributed by atoms with Gasteiger partial charge in [0.2, 0.25) is 0 Å². The van der Waals surface area contributed by atoms with Crippen LogP contribution < -0.4 is 5.32 Å². The molecule has 0 aliphatic heterocycles. The van der Waals surface area contributed by atoms with E-state index in [0.717, 1.165) is 18.7 Å². The molecule has 2 nitrogen and oxygen atoms in total. The molecule has 0 radical (unpaired) electrons. The van der Waals surface area contributed by atoms with E-state index < -0.39 is 0 Å². The monoisotopic (exact) mass is 291 g/mol. The fraction of sp³-hybridized carbons (Fsp3) is 0.400. The Labute approximate surface area is 92.5 Å². The van der Waals surface area contributed by atoms with Crippen molar-refractivity contribution in [2.24, 2.45) is 0 Å². The van der Waals surface area contributed by atoms with Crippen LogP contribution in [0.2, 0.25) is 0 Å². The van der Waals surface area contributed by atoms with Crippen molar-refractivity contribution < 1.29 is 5.11 Å². The number of aryl methyl sites for hydroxylation is 1. The van der Waals surface area contributed by atoms with Crippen LogP contribution in [0.3, 0.4) is 0 Å². The summed E-state index contributed by atoms with van der Waals surface area (Å²) in [6.07, 6.45) is 0.797. The molecule has 1 rings (SSSR count). The summed E-state index contributed by atoms with van der Waals surface area (Å²) in [5.41, 5.74) is 2.42. The Morgan fingerprint density at radius 2 is 2.23 bits per heavy atom. The minimum absolute atomic E-state index is 0.246. The van der Waals surface area contributed by atoms with Crippen LogP contribution in [0.15, 0.2) is 18.2 Å². The van der Waals surface area contributed by atoms with Gasteiger partial charge in [0.25, 0.3) is 0 Å². The number of hydrogen-bond acceptors (Lipinski definition) is 2. The molecule has 0 atom stereocenters. The van der Waals surface area contributed by atoms with Gasteiger partial charge in [0.15, 0.2) is 0 Å². The smallest absolute Gasteiger partial charge is 0.0447 e. The Morgan fingerprint density at radius 3 is 2.85 bits per heavy atom. The molecule has 0 aromatic heterocycles. The zero-order valence-electron chi connectivity index (χ0n) is 7.68. The summed E-state index contributed by atoms with van der Waals surface area (Å²) < 4.78 is 1.25. The Bertz CT molecular complexity index is 276.